The number of hydrogen-bond donors (Lipinski definition) is 4. The lowest BCUT2D eigenvalue weighted by Gasteiger charge is -2.33. The summed E-state index contributed by atoms with van der Waals surface area (Å²) < 4.78 is 10.7. The third-order valence-corrected chi connectivity index (χ3v) is 11.4. The Hall–Kier alpha value is -3.63. The molecule has 3 saturated heterocycles. The summed E-state index contributed by atoms with van der Waals surface area (Å²) >= 11 is 17.8. The molecule has 0 aliphatic carbocycles. The van der Waals surface area contributed by atoms with E-state index in [4.69, 9.17) is 50.0 Å². The molecule has 14 nitrogen and oxygen atoms in total. The Labute approximate surface area is 390 Å². The molecule has 0 spiro atoms. The lowest BCUT2D eigenvalue weighted by Crippen LogP contribution is -2.46. The first-order chi connectivity index (χ1) is 29.6. The van der Waals surface area contributed by atoms with Crippen LogP contribution in [0.5, 0.6) is 0 Å². The summed E-state index contributed by atoms with van der Waals surface area (Å²) in [5.74, 6) is 0. The number of carbonyl (C=O) groups is 3. The fourth-order valence-electron chi connectivity index (χ4n) is 6.42. The Bertz CT molecular complexity index is 1890. The van der Waals surface area contributed by atoms with Gasteiger partial charge in [0.25, 0.3) is 0 Å². The molecule has 3 aliphatic rings. The molecule has 0 atom stereocenters. The summed E-state index contributed by atoms with van der Waals surface area (Å²) in [6.45, 7) is 23.6. The van der Waals surface area contributed by atoms with Gasteiger partial charge in [-0.15, -0.1) is 0 Å². The van der Waals surface area contributed by atoms with Crippen LogP contribution in [-0.4, -0.2) is 112 Å². The molecule has 0 unspecified atom stereocenters. The van der Waals surface area contributed by atoms with Gasteiger partial charge in [-0.25, -0.2) is 9.59 Å². The highest BCUT2D eigenvalue weighted by Crippen LogP contribution is 2.19. The van der Waals surface area contributed by atoms with Gasteiger partial charge in [0, 0.05) is 81.5 Å². The van der Waals surface area contributed by atoms with Crippen LogP contribution in [0.3, 0.4) is 0 Å². The predicted molar refractivity (Wildman–Crippen MR) is 253 cm³/mol. The molecule has 63 heavy (non-hydrogen) atoms. The minimum absolute atomic E-state index is 0.217. The molecule has 3 aliphatic heterocycles. The van der Waals surface area contributed by atoms with E-state index in [1.54, 1.807) is 22.8 Å². The first-order valence-electron chi connectivity index (χ1n) is 21.8. The topological polar surface area (TPSA) is 177 Å². The zero-order chi connectivity index (χ0) is 46.7. The molecule has 0 aromatic carbocycles. The number of halogens is 3. The van der Waals surface area contributed by atoms with Crippen molar-refractivity contribution in [1.82, 2.24) is 40.7 Å². The SMILES string of the molecule is CC(C)(C)OC(=O)N1CCC(N)CC1.Cc1ncc(C=O)cc1Cl.Cc1ncc(CNC2CCN(C(=O)OC(C)(C)C)CC2)cc1Cl.Cc1ncc(CNC2CCNCC2)cc1Cl. The number of nitrogens with two attached hydrogens (primary N) is 1. The smallest absolute Gasteiger partial charge is 0.410 e. The van der Waals surface area contributed by atoms with Gasteiger partial charge in [-0.1, -0.05) is 34.8 Å². The number of aldehydes is 1. The molecule has 0 saturated carbocycles. The summed E-state index contributed by atoms with van der Waals surface area (Å²) in [5.41, 5.74) is 10.1. The van der Waals surface area contributed by atoms with Gasteiger partial charge < -0.3 is 41.0 Å². The molecule has 350 valence electrons. The van der Waals surface area contributed by atoms with E-state index in [0.717, 1.165) is 118 Å². The number of piperidine rings is 3. The lowest BCUT2D eigenvalue weighted by atomic mass is 10.1. The van der Waals surface area contributed by atoms with Crippen molar-refractivity contribution in [2.75, 3.05) is 39.3 Å². The van der Waals surface area contributed by atoms with Crippen molar-refractivity contribution in [2.45, 2.75) is 143 Å². The number of likely N-dealkylation sites (tertiary alicyclic amines) is 2. The predicted octanol–water partition coefficient (Wildman–Crippen LogP) is 8.62. The summed E-state index contributed by atoms with van der Waals surface area (Å²) in [6.07, 6.45) is 11.5. The lowest BCUT2D eigenvalue weighted by molar-refractivity contribution is 0.0191. The standard InChI is InChI=1S/C17H26ClN3O2.C12H18ClN3.C10H20N2O2.C7H6ClNO/c1-12-15(18)9-13(10-19-12)11-20-14-5-7-21(8-6-14)16(22)23-17(2,3)4;1-9-12(13)6-10(7-15-9)8-16-11-2-4-14-5-3-11;1-10(2,3)14-9(13)12-6-4-8(11)5-7-12;1-5-7(8)2-6(4-10)3-9-5/h9-10,14,20H,5-8,11H2,1-4H3;6-7,11,14,16H,2-5,8H2,1H3;8H,4-7,11H2,1-3H3;2-4H,1H3. The molecule has 0 bridgehead atoms. The number of aromatic nitrogens is 3. The van der Waals surface area contributed by atoms with Crippen LogP contribution in [0.1, 0.15) is 119 Å². The zero-order valence-corrected chi connectivity index (χ0v) is 40.9. The van der Waals surface area contributed by atoms with Crippen LogP contribution in [0.15, 0.2) is 36.8 Å². The van der Waals surface area contributed by atoms with E-state index in [1.165, 1.54) is 19.0 Å². The van der Waals surface area contributed by atoms with Crippen molar-refractivity contribution in [1.29, 1.82) is 0 Å². The number of rotatable bonds is 7. The maximum absolute atomic E-state index is 12.0. The van der Waals surface area contributed by atoms with Crippen molar-refractivity contribution in [3.05, 3.63) is 85.6 Å². The van der Waals surface area contributed by atoms with Crippen LogP contribution >= 0.6 is 34.8 Å². The summed E-state index contributed by atoms with van der Waals surface area (Å²) in [6, 6.07) is 6.81. The largest absolute Gasteiger partial charge is 0.444 e. The fourth-order valence-corrected chi connectivity index (χ4v) is 6.97. The summed E-state index contributed by atoms with van der Waals surface area (Å²) in [4.78, 5) is 49.7. The summed E-state index contributed by atoms with van der Waals surface area (Å²) in [7, 11) is 0. The number of hydrogen-bond acceptors (Lipinski definition) is 12. The average molecular weight is 935 g/mol. The van der Waals surface area contributed by atoms with E-state index in [-0.39, 0.29) is 18.2 Å². The van der Waals surface area contributed by atoms with Gasteiger partial charge in [0.15, 0.2) is 6.29 Å². The molecule has 5 N–H and O–H groups in total. The molecule has 6 rings (SSSR count). The average Bonchev–Trinajstić information content (AvgIpc) is 3.23. The number of ether oxygens (including phenoxy) is 2. The van der Waals surface area contributed by atoms with E-state index in [1.807, 2.05) is 79.9 Å². The second-order valence-corrected chi connectivity index (χ2v) is 19.3. The minimum atomic E-state index is -0.441. The maximum Gasteiger partial charge on any atom is 0.410 e. The Morgan fingerprint density at radius 1 is 0.683 bits per heavy atom. The maximum atomic E-state index is 12.0. The van der Waals surface area contributed by atoms with Crippen LogP contribution in [0.4, 0.5) is 9.59 Å². The molecule has 2 amide bonds. The number of nitrogens with zero attached hydrogens (tertiary/aromatic N) is 5. The molecule has 3 aromatic rings. The molecular formula is C46H70Cl3N9O5. The van der Waals surface area contributed by atoms with Gasteiger partial charge in [-0.3, -0.25) is 19.7 Å². The van der Waals surface area contributed by atoms with Gasteiger partial charge in [0.2, 0.25) is 0 Å². The molecule has 0 radical (unpaired) electrons. The van der Waals surface area contributed by atoms with Crippen LogP contribution < -0.4 is 21.7 Å². The second-order valence-electron chi connectivity index (χ2n) is 18.1. The van der Waals surface area contributed by atoms with Crippen molar-refractivity contribution >= 4 is 53.3 Å². The molecule has 3 fully saturated rings. The van der Waals surface area contributed by atoms with Gasteiger partial charge in [0.05, 0.1) is 32.1 Å². The molecule has 17 heteroatoms. The van der Waals surface area contributed by atoms with E-state index in [0.29, 0.717) is 27.7 Å². The second kappa shape index (κ2) is 26.4. The van der Waals surface area contributed by atoms with Gasteiger partial charge in [-0.2, -0.15) is 0 Å². The van der Waals surface area contributed by atoms with Gasteiger partial charge in [0.1, 0.15) is 11.2 Å². The molecule has 3 aromatic heterocycles. The number of amides is 2. The first-order valence-corrected chi connectivity index (χ1v) is 22.9. The molecular weight excluding hydrogens is 865 g/mol. The van der Waals surface area contributed by atoms with Crippen LogP contribution in [-0.2, 0) is 22.6 Å². The van der Waals surface area contributed by atoms with E-state index < -0.39 is 11.2 Å². The van der Waals surface area contributed by atoms with E-state index in [2.05, 4.69) is 30.9 Å². The summed E-state index contributed by atoms with van der Waals surface area (Å²) in [5, 5.41) is 12.4. The number of pyridine rings is 3. The van der Waals surface area contributed by atoms with Crippen LogP contribution in [0.25, 0.3) is 0 Å². The minimum Gasteiger partial charge on any atom is -0.444 e. The van der Waals surface area contributed by atoms with E-state index in [9.17, 15) is 14.4 Å². The van der Waals surface area contributed by atoms with E-state index >= 15 is 0 Å². The number of aryl methyl sites for hydroxylation is 3. The number of carbonyl (C=O) groups excluding carboxylic acids is 3. The highest BCUT2D eigenvalue weighted by molar-refractivity contribution is 6.31. The quantitative estimate of drug-likeness (QED) is 0.166. The third-order valence-electron chi connectivity index (χ3n) is 10.2. The van der Waals surface area contributed by atoms with Crippen molar-refractivity contribution in [3.63, 3.8) is 0 Å². The fraction of sp³-hybridized carbons (Fsp3) is 0.609. The Kier molecular flexibility index (Phi) is 22.5. The highest BCUT2D eigenvalue weighted by Gasteiger charge is 2.27. The zero-order valence-electron chi connectivity index (χ0n) is 38.7. The Balaban J connectivity index is 0.000000233. The third kappa shape index (κ3) is 21.3. The Morgan fingerprint density at radius 3 is 1.44 bits per heavy atom. The van der Waals surface area contributed by atoms with Crippen molar-refractivity contribution < 1.29 is 23.9 Å². The monoisotopic (exact) mass is 933 g/mol. The van der Waals surface area contributed by atoms with Crippen molar-refractivity contribution in [3.8, 4) is 0 Å². The van der Waals surface area contributed by atoms with Crippen molar-refractivity contribution in [2.24, 2.45) is 5.73 Å². The van der Waals surface area contributed by atoms with Gasteiger partial charge >= 0.3 is 12.2 Å². The molecule has 6 heterocycles. The highest BCUT2D eigenvalue weighted by atomic mass is 35.5. The van der Waals surface area contributed by atoms with Gasteiger partial charge in [-0.05, 0) is 143 Å². The number of nitrogens with one attached hydrogen (secondary N) is 3. The van der Waals surface area contributed by atoms with Crippen LogP contribution in [0.2, 0.25) is 15.1 Å². The van der Waals surface area contributed by atoms with Crippen LogP contribution in [0, 0.1) is 20.8 Å². The first kappa shape index (κ1) is 53.7. The normalized spacial score (nSPS) is 16.3. The Morgan fingerprint density at radius 2 is 1.06 bits per heavy atom.